The Morgan fingerprint density at radius 2 is 2.15 bits per heavy atom. The molecule has 2 aliphatic heterocycles. The molecule has 3 rings (SSSR count). The van der Waals surface area contributed by atoms with Crippen molar-refractivity contribution >= 4 is 17.8 Å². The average molecular weight is 280 g/mol. The van der Waals surface area contributed by atoms with E-state index in [2.05, 4.69) is 16.0 Å². The lowest BCUT2D eigenvalue weighted by Crippen LogP contribution is -2.47. The van der Waals surface area contributed by atoms with E-state index >= 15 is 0 Å². The van der Waals surface area contributed by atoms with Crippen LogP contribution in [-0.2, 0) is 9.59 Å². The van der Waals surface area contributed by atoms with Crippen LogP contribution in [0, 0.1) is 5.92 Å². The smallest absolute Gasteiger partial charge is 0.325 e. The van der Waals surface area contributed by atoms with E-state index in [0.717, 1.165) is 37.3 Å². The number of hydrogen-bond acceptors (Lipinski definition) is 4. The van der Waals surface area contributed by atoms with Gasteiger partial charge in [-0.15, -0.1) is 0 Å². The Hall–Kier alpha value is -1.63. The van der Waals surface area contributed by atoms with Crippen molar-refractivity contribution in [2.75, 3.05) is 19.6 Å². The van der Waals surface area contributed by atoms with Crippen molar-refractivity contribution in [3.63, 3.8) is 0 Å². The van der Waals surface area contributed by atoms with Gasteiger partial charge in [0, 0.05) is 12.6 Å². The van der Waals surface area contributed by atoms with Crippen LogP contribution < -0.4 is 16.0 Å². The molecule has 3 aliphatic rings. The van der Waals surface area contributed by atoms with Gasteiger partial charge in [-0.25, -0.2) is 4.79 Å². The number of nitrogens with zero attached hydrogens (tertiary/aromatic N) is 1. The minimum absolute atomic E-state index is 0.0954. The summed E-state index contributed by atoms with van der Waals surface area (Å²) < 4.78 is 0. The first-order valence-electron chi connectivity index (χ1n) is 7.15. The number of carbonyl (C=O) groups excluding carboxylic acids is 3. The summed E-state index contributed by atoms with van der Waals surface area (Å²) >= 11 is 0. The van der Waals surface area contributed by atoms with Gasteiger partial charge in [0.05, 0.1) is 0 Å². The molecule has 0 aromatic heterocycles. The van der Waals surface area contributed by atoms with Crippen LogP contribution in [0.25, 0.3) is 0 Å². The molecule has 7 nitrogen and oxygen atoms in total. The molecule has 3 fully saturated rings. The molecule has 7 heteroatoms. The summed E-state index contributed by atoms with van der Waals surface area (Å²) in [6, 6.07) is -0.359. The first kappa shape index (κ1) is 13.4. The van der Waals surface area contributed by atoms with Gasteiger partial charge in [-0.2, -0.15) is 0 Å². The van der Waals surface area contributed by atoms with Crippen LogP contribution in [0.4, 0.5) is 4.79 Å². The summed E-state index contributed by atoms with van der Waals surface area (Å²) in [6.07, 6.45) is 2.79. The monoisotopic (exact) mass is 280 g/mol. The van der Waals surface area contributed by atoms with Crippen LogP contribution in [0.3, 0.4) is 0 Å². The lowest BCUT2D eigenvalue weighted by molar-refractivity contribution is -0.135. The maximum absolute atomic E-state index is 12.3. The van der Waals surface area contributed by atoms with Gasteiger partial charge in [-0.05, 0) is 38.6 Å². The van der Waals surface area contributed by atoms with E-state index in [9.17, 15) is 14.4 Å². The van der Waals surface area contributed by atoms with Crippen molar-refractivity contribution in [2.45, 2.75) is 37.8 Å². The van der Waals surface area contributed by atoms with Crippen LogP contribution in [0.15, 0.2) is 0 Å². The Morgan fingerprint density at radius 3 is 2.75 bits per heavy atom. The highest BCUT2D eigenvalue weighted by molar-refractivity contribution is 6.09. The first-order chi connectivity index (χ1) is 9.50. The average Bonchev–Trinajstić information content (AvgIpc) is 3.10. The molecule has 3 N–H and O–H groups in total. The van der Waals surface area contributed by atoms with Gasteiger partial charge in [-0.3, -0.25) is 14.5 Å². The van der Waals surface area contributed by atoms with Crippen LogP contribution in [0.1, 0.15) is 26.2 Å². The molecule has 2 heterocycles. The Kier molecular flexibility index (Phi) is 3.16. The molecular formula is C13H20N4O3. The molecule has 4 amide bonds. The minimum Gasteiger partial charge on any atom is -0.350 e. The second-order valence-corrected chi connectivity index (χ2v) is 6.06. The zero-order valence-corrected chi connectivity index (χ0v) is 11.6. The summed E-state index contributed by atoms with van der Waals surface area (Å²) in [5.41, 5.74) is -0.813. The summed E-state index contributed by atoms with van der Waals surface area (Å²) in [4.78, 5) is 37.2. The van der Waals surface area contributed by atoms with Crippen LogP contribution >= 0.6 is 0 Å². The fourth-order valence-electron chi connectivity index (χ4n) is 2.99. The Bertz CT molecular complexity index is 457. The molecule has 2 saturated heterocycles. The largest absolute Gasteiger partial charge is 0.350 e. The van der Waals surface area contributed by atoms with E-state index in [1.807, 2.05) is 0 Å². The molecule has 0 aromatic rings. The lowest BCUT2D eigenvalue weighted by atomic mass is 9.96. The zero-order valence-electron chi connectivity index (χ0n) is 11.6. The highest BCUT2D eigenvalue weighted by atomic mass is 16.2. The standard InChI is InChI=1S/C13H20N4O3/c1-13(8-2-3-8)11(19)17(12(20)16-13)7-10(18)15-9-4-5-14-6-9/h8-9,14H,2-7H2,1H3,(H,15,18)(H,16,20). The van der Waals surface area contributed by atoms with E-state index in [1.54, 1.807) is 6.92 Å². The van der Waals surface area contributed by atoms with E-state index in [0.29, 0.717) is 0 Å². The fraction of sp³-hybridized carbons (Fsp3) is 0.769. The Balaban J connectivity index is 1.60. The van der Waals surface area contributed by atoms with Gasteiger partial charge >= 0.3 is 6.03 Å². The molecule has 0 spiro atoms. The molecule has 2 unspecified atom stereocenters. The molecule has 0 aromatic carbocycles. The van der Waals surface area contributed by atoms with Gasteiger partial charge in [0.15, 0.2) is 0 Å². The molecule has 20 heavy (non-hydrogen) atoms. The maximum Gasteiger partial charge on any atom is 0.325 e. The quantitative estimate of drug-likeness (QED) is 0.587. The van der Waals surface area contributed by atoms with Gasteiger partial charge in [0.25, 0.3) is 5.91 Å². The summed E-state index contributed by atoms with van der Waals surface area (Å²) in [5, 5.41) is 8.73. The van der Waals surface area contributed by atoms with Gasteiger partial charge < -0.3 is 16.0 Å². The number of rotatable bonds is 4. The molecule has 0 radical (unpaired) electrons. The first-order valence-corrected chi connectivity index (χ1v) is 7.15. The molecule has 110 valence electrons. The number of hydrogen-bond donors (Lipinski definition) is 3. The molecular weight excluding hydrogens is 260 g/mol. The lowest BCUT2D eigenvalue weighted by Gasteiger charge is -2.21. The Labute approximate surface area is 117 Å². The predicted octanol–water partition coefficient (Wildman–Crippen LogP) is -0.815. The third-order valence-corrected chi connectivity index (χ3v) is 4.42. The van der Waals surface area contributed by atoms with Crippen LogP contribution in [-0.4, -0.2) is 54.0 Å². The van der Waals surface area contributed by atoms with Gasteiger partial charge in [0.2, 0.25) is 5.91 Å². The van der Waals surface area contributed by atoms with Crippen LogP contribution in [0.2, 0.25) is 0 Å². The third kappa shape index (κ3) is 2.26. The zero-order chi connectivity index (χ0) is 14.3. The summed E-state index contributed by atoms with van der Waals surface area (Å²) in [6.45, 7) is 3.19. The topological polar surface area (TPSA) is 90.5 Å². The molecule has 1 aliphatic carbocycles. The van der Waals surface area contributed by atoms with Crippen molar-refractivity contribution in [1.82, 2.24) is 20.9 Å². The third-order valence-electron chi connectivity index (χ3n) is 4.42. The van der Waals surface area contributed by atoms with Crippen LogP contribution in [0.5, 0.6) is 0 Å². The second kappa shape index (κ2) is 4.73. The van der Waals surface area contributed by atoms with Gasteiger partial charge in [0.1, 0.15) is 12.1 Å². The maximum atomic E-state index is 12.3. The number of imide groups is 1. The normalized spacial score (nSPS) is 33.5. The molecule has 1 saturated carbocycles. The minimum atomic E-state index is -0.813. The van der Waals surface area contributed by atoms with E-state index in [4.69, 9.17) is 0 Å². The number of urea groups is 1. The number of carbonyl (C=O) groups is 3. The van der Waals surface area contributed by atoms with Crippen molar-refractivity contribution in [2.24, 2.45) is 5.92 Å². The second-order valence-electron chi connectivity index (χ2n) is 6.06. The van der Waals surface area contributed by atoms with E-state index in [-0.39, 0.29) is 30.3 Å². The summed E-state index contributed by atoms with van der Waals surface area (Å²) in [5.74, 6) is -0.335. The summed E-state index contributed by atoms with van der Waals surface area (Å²) in [7, 11) is 0. The SMILES string of the molecule is CC1(C2CC2)NC(=O)N(CC(=O)NC2CCNC2)C1=O. The number of nitrogens with one attached hydrogen (secondary N) is 3. The van der Waals surface area contributed by atoms with E-state index in [1.165, 1.54) is 0 Å². The van der Waals surface area contributed by atoms with Crippen molar-refractivity contribution < 1.29 is 14.4 Å². The Morgan fingerprint density at radius 1 is 1.40 bits per heavy atom. The molecule has 0 bridgehead atoms. The highest BCUT2D eigenvalue weighted by Crippen LogP contribution is 2.42. The van der Waals surface area contributed by atoms with Gasteiger partial charge in [-0.1, -0.05) is 0 Å². The molecule has 2 atom stereocenters. The van der Waals surface area contributed by atoms with Crippen molar-refractivity contribution in [3.8, 4) is 0 Å². The fourth-order valence-corrected chi connectivity index (χ4v) is 2.99. The van der Waals surface area contributed by atoms with E-state index < -0.39 is 11.6 Å². The highest BCUT2D eigenvalue weighted by Gasteiger charge is 2.56. The number of amides is 4. The van der Waals surface area contributed by atoms with Crippen molar-refractivity contribution in [3.05, 3.63) is 0 Å². The van der Waals surface area contributed by atoms with Crippen molar-refractivity contribution in [1.29, 1.82) is 0 Å². The predicted molar refractivity (Wildman–Crippen MR) is 70.8 cm³/mol.